The largest absolute Gasteiger partial charge is 0.496 e. The molecule has 0 amide bonds. The van der Waals surface area contributed by atoms with E-state index in [1.165, 1.54) is 0 Å². The maximum absolute atomic E-state index is 10.6. The Morgan fingerprint density at radius 2 is 2.17 bits per heavy atom. The number of hydrogen-bond acceptors (Lipinski definition) is 5. The molecule has 2 atom stereocenters. The first-order valence-electron chi connectivity index (χ1n) is 9.58. The summed E-state index contributed by atoms with van der Waals surface area (Å²) in [4.78, 5) is 4.64. The Labute approximate surface area is 188 Å². The van der Waals surface area contributed by atoms with Crippen molar-refractivity contribution in [1.29, 1.82) is 0 Å². The average Bonchev–Trinajstić information content (AvgIpc) is 3.32. The quantitative estimate of drug-likeness (QED) is 0.298. The molecule has 0 saturated carbocycles. The van der Waals surface area contributed by atoms with Crippen LogP contribution in [-0.4, -0.2) is 37.4 Å². The van der Waals surface area contributed by atoms with Crippen LogP contribution in [0.1, 0.15) is 37.7 Å². The third-order valence-corrected chi connectivity index (χ3v) is 4.70. The third-order valence-electron chi connectivity index (χ3n) is 4.70. The number of aliphatic imine (C=N–C) groups is 1. The molecule has 1 aromatic carbocycles. The number of ether oxygens (including phenoxy) is 2. The number of halogens is 1. The molecule has 2 heterocycles. The van der Waals surface area contributed by atoms with E-state index >= 15 is 0 Å². The molecule has 7 nitrogen and oxygen atoms in total. The van der Waals surface area contributed by atoms with E-state index in [-0.39, 0.29) is 36.6 Å². The summed E-state index contributed by atoms with van der Waals surface area (Å²) < 4.78 is 16.7. The van der Waals surface area contributed by atoms with E-state index in [1.807, 2.05) is 19.1 Å². The highest BCUT2D eigenvalue weighted by Gasteiger charge is 2.26. The second kappa shape index (κ2) is 10.2. The molecule has 2 aromatic rings. The van der Waals surface area contributed by atoms with Crippen LogP contribution in [0.3, 0.4) is 0 Å². The Hall–Kier alpha value is -1.94. The lowest BCUT2D eigenvalue weighted by Gasteiger charge is -2.22. The van der Waals surface area contributed by atoms with Gasteiger partial charge in [-0.25, -0.2) is 4.99 Å². The van der Waals surface area contributed by atoms with Gasteiger partial charge in [-0.2, -0.15) is 0 Å². The summed E-state index contributed by atoms with van der Waals surface area (Å²) in [5.41, 5.74) is 0.969. The van der Waals surface area contributed by atoms with Crippen molar-refractivity contribution in [2.45, 2.75) is 45.4 Å². The van der Waals surface area contributed by atoms with Crippen LogP contribution in [0.25, 0.3) is 0 Å². The van der Waals surface area contributed by atoms with Crippen molar-refractivity contribution in [3.63, 3.8) is 0 Å². The minimum absolute atomic E-state index is 0. The molecular formula is C21H30IN3O4. The highest BCUT2D eigenvalue weighted by Crippen LogP contribution is 2.35. The summed E-state index contributed by atoms with van der Waals surface area (Å²) in [6.45, 7) is 7.14. The number of aliphatic hydroxyl groups is 1. The molecule has 2 unspecified atom stereocenters. The summed E-state index contributed by atoms with van der Waals surface area (Å²) >= 11 is 0. The lowest BCUT2D eigenvalue weighted by molar-refractivity contribution is 0.0386. The molecule has 1 aliphatic rings. The number of rotatable bonds is 7. The van der Waals surface area contributed by atoms with Crippen LogP contribution in [0, 0.1) is 0 Å². The molecular weight excluding hydrogens is 485 g/mol. The molecule has 0 spiro atoms. The van der Waals surface area contributed by atoms with Crippen molar-refractivity contribution in [1.82, 2.24) is 10.6 Å². The van der Waals surface area contributed by atoms with Crippen molar-refractivity contribution < 1.29 is 19.0 Å². The van der Waals surface area contributed by atoms with Gasteiger partial charge in [-0.1, -0.05) is 0 Å². The topological polar surface area (TPSA) is 88.3 Å². The highest BCUT2D eigenvalue weighted by atomic mass is 127. The summed E-state index contributed by atoms with van der Waals surface area (Å²) in [7, 11) is 1.66. The fourth-order valence-corrected chi connectivity index (χ4v) is 3.23. The van der Waals surface area contributed by atoms with Crippen molar-refractivity contribution in [3.8, 4) is 11.5 Å². The lowest BCUT2D eigenvalue weighted by atomic mass is 10.0. The number of hydrogen-bond donors (Lipinski definition) is 3. The van der Waals surface area contributed by atoms with Gasteiger partial charge in [-0.15, -0.1) is 24.0 Å². The zero-order chi connectivity index (χ0) is 20.1. The van der Waals surface area contributed by atoms with Gasteiger partial charge in [0.05, 0.1) is 26.5 Å². The molecule has 0 saturated heterocycles. The van der Waals surface area contributed by atoms with Gasteiger partial charge in [0.1, 0.15) is 29.0 Å². The number of methoxy groups -OCH3 is 1. The fourth-order valence-electron chi connectivity index (χ4n) is 3.23. The van der Waals surface area contributed by atoms with Crippen LogP contribution in [0.5, 0.6) is 11.5 Å². The Morgan fingerprint density at radius 3 is 2.83 bits per heavy atom. The Kier molecular flexibility index (Phi) is 8.21. The number of nitrogens with zero attached hydrogens (tertiary/aromatic N) is 1. The van der Waals surface area contributed by atoms with Gasteiger partial charge < -0.3 is 29.6 Å². The van der Waals surface area contributed by atoms with Crippen molar-refractivity contribution >= 4 is 29.9 Å². The van der Waals surface area contributed by atoms with E-state index < -0.39 is 5.60 Å². The van der Waals surface area contributed by atoms with Gasteiger partial charge in [-0.3, -0.25) is 0 Å². The van der Waals surface area contributed by atoms with Crippen LogP contribution < -0.4 is 20.1 Å². The third kappa shape index (κ3) is 5.79. The second-order valence-corrected chi connectivity index (χ2v) is 7.20. The summed E-state index contributed by atoms with van der Waals surface area (Å²) in [5, 5.41) is 17.0. The summed E-state index contributed by atoms with van der Waals surface area (Å²) in [5.74, 6) is 2.81. The Balaban J connectivity index is 0.00000300. The molecule has 0 radical (unpaired) electrons. The van der Waals surface area contributed by atoms with Crippen LogP contribution in [0.2, 0.25) is 0 Å². The zero-order valence-corrected chi connectivity index (χ0v) is 19.7. The van der Waals surface area contributed by atoms with Gasteiger partial charge in [0, 0.05) is 24.1 Å². The number of fused-ring (bicyclic) bond motifs is 1. The molecule has 1 aliphatic heterocycles. The minimum Gasteiger partial charge on any atom is -0.496 e. The van der Waals surface area contributed by atoms with Crippen LogP contribution in [-0.2, 0) is 18.6 Å². The van der Waals surface area contributed by atoms with E-state index in [0.717, 1.165) is 29.0 Å². The molecule has 3 rings (SSSR count). The van der Waals surface area contributed by atoms with Gasteiger partial charge in [-0.05, 0) is 45.0 Å². The molecule has 0 aliphatic carbocycles. The predicted octanol–water partition coefficient (Wildman–Crippen LogP) is 3.19. The van der Waals surface area contributed by atoms with Crippen molar-refractivity contribution in [2.24, 2.45) is 4.99 Å². The van der Waals surface area contributed by atoms with Gasteiger partial charge in [0.2, 0.25) is 0 Å². The molecule has 0 bridgehead atoms. The molecule has 3 N–H and O–H groups in total. The lowest BCUT2D eigenvalue weighted by Crippen LogP contribution is -2.44. The van der Waals surface area contributed by atoms with Gasteiger partial charge in [0.25, 0.3) is 0 Å². The van der Waals surface area contributed by atoms with E-state index in [2.05, 4.69) is 22.5 Å². The van der Waals surface area contributed by atoms with Crippen molar-refractivity contribution in [3.05, 3.63) is 47.4 Å². The van der Waals surface area contributed by atoms with E-state index in [4.69, 9.17) is 13.9 Å². The average molecular weight is 515 g/mol. The summed E-state index contributed by atoms with van der Waals surface area (Å²) in [6.07, 6.45) is 2.62. The molecule has 8 heteroatoms. The smallest absolute Gasteiger partial charge is 0.191 e. The fraction of sp³-hybridized carbons (Fsp3) is 0.476. The molecule has 29 heavy (non-hydrogen) atoms. The maximum atomic E-state index is 10.6. The highest BCUT2D eigenvalue weighted by molar-refractivity contribution is 14.0. The number of guanidine groups is 1. The SMILES string of the molecule is CCNC(=NCc1cc2c(cc1OC)CC(C)O2)NCC(C)(O)c1ccco1.I. The van der Waals surface area contributed by atoms with E-state index in [0.29, 0.717) is 24.8 Å². The zero-order valence-electron chi connectivity index (χ0n) is 17.3. The van der Waals surface area contributed by atoms with Crippen LogP contribution in [0.4, 0.5) is 0 Å². The monoisotopic (exact) mass is 515 g/mol. The Bertz CT molecular complexity index is 822. The van der Waals surface area contributed by atoms with Crippen LogP contribution in [0.15, 0.2) is 39.9 Å². The first-order valence-corrected chi connectivity index (χ1v) is 9.58. The van der Waals surface area contributed by atoms with Gasteiger partial charge >= 0.3 is 0 Å². The first-order chi connectivity index (χ1) is 13.4. The standard InChI is InChI=1S/C21H29N3O4.HI/c1-5-22-20(24-13-21(3,25)19-7-6-8-27-19)23-12-16-11-18-15(9-14(2)28-18)10-17(16)26-4;/h6-8,10-11,14,25H,5,9,12-13H2,1-4H3,(H2,22,23,24);1H. The minimum atomic E-state index is -1.14. The predicted molar refractivity (Wildman–Crippen MR) is 123 cm³/mol. The van der Waals surface area contributed by atoms with E-state index in [9.17, 15) is 5.11 Å². The normalized spacial score (nSPS) is 17.6. The molecule has 160 valence electrons. The van der Waals surface area contributed by atoms with Crippen LogP contribution >= 0.6 is 24.0 Å². The van der Waals surface area contributed by atoms with Crippen molar-refractivity contribution in [2.75, 3.05) is 20.2 Å². The molecule has 1 aromatic heterocycles. The maximum Gasteiger partial charge on any atom is 0.191 e. The molecule has 0 fully saturated rings. The first kappa shape index (κ1) is 23.3. The number of furan rings is 1. The number of benzene rings is 1. The number of nitrogens with one attached hydrogen (secondary N) is 2. The van der Waals surface area contributed by atoms with Gasteiger partial charge in [0.15, 0.2) is 5.96 Å². The van der Waals surface area contributed by atoms with E-state index in [1.54, 1.807) is 32.4 Å². The summed E-state index contributed by atoms with van der Waals surface area (Å²) in [6, 6.07) is 7.55. The Morgan fingerprint density at radius 1 is 1.38 bits per heavy atom. The second-order valence-electron chi connectivity index (χ2n) is 7.20.